The van der Waals surface area contributed by atoms with Crippen LogP contribution < -0.4 is 5.32 Å². The maximum atomic E-state index is 12.0. The molecule has 116 valence electrons. The van der Waals surface area contributed by atoms with Crippen LogP contribution in [0.5, 0.6) is 0 Å². The zero-order valence-corrected chi connectivity index (χ0v) is 12.7. The number of aliphatic hydroxyl groups is 1. The minimum atomic E-state index is -0.506. The van der Waals surface area contributed by atoms with E-state index in [9.17, 15) is 9.90 Å². The Morgan fingerprint density at radius 2 is 1.60 bits per heavy atom. The Kier molecular flexibility index (Phi) is 6.30. The minimum absolute atomic E-state index is 0.118. The van der Waals surface area contributed by atoms with Gasteiger partial charge in [0.1, 0.15) is 0 Å². The zero-order chi connectivity index (χ0) is 14.3. The molecule has 20 heavy (non-hydrogen) atoms. The third kappa shape index (κ3) is 5.41. The Morgan fingerprint density at radius 1 is 1.00 bits per heavy atom. The van der Waals surface area contributed by atoms with Gasteiger partial charge in [-0.1, -0.05) is 32.1 Å². The van der Waals surface area contributed by atoms with Crippen LogP contribution in [0.1, 0.15) is 64.2 Å². The molecule has 0 atom stereocenters. The number of likely N-dealkylation sites (tertiary alicyclic amines) is 1. The molecule has 1 saturated carbocycles. The Bertz CT molecular complexity index is 293. The summed E-state index contributed by atoms with van der Waals surface area (Å²) >= 11 is 0. The van der Waals surface area contributed by atoms with Gasteiger partial charge in [-0.25, -0.2) is 0 Å². The molecule has 2 N–H and O–H groups in total. The molecule has 0 aromatic carbocycles. The highest BCUT2D eigenvalue weighted by atomic mass is 16.3. The fourth-order valence-electron chi connectivity index (χ4n) is 3.45. The van der Waals surface area contributed by atoms with Gasteiger partial charge in [0.05, 0.1) is 12.1 Å². The molecular formula is C16H30N2O2. The molecule has 1 aliphatic heterocycles. The minimum Gasteiger partial charge on any atom is -0.390 e. The summed E-state index contributed by atoms with van der Waals surface area (Å²) in [5, 5.41) is 13.2. The van der Waals surface area contributed by atoms with Gasteiger partial charge in [-0.3, -0.25) is 9.69 Å². The third-order valence-corrected chi connectivity index (χ3v) is 4.76. The number of nitrogens with one attached hydrogen (secondary N) is 1. The lowest BCUT2D eigenvalue weighted by molar-refractivity contribution is -0.122. The number of carbonyl (C=O) groups excluding carboxylic acids is 1. The summed E-state index contributed by atoms with van der Waals surface area (Å²) in [5.41, 5.74) is -0.506. The monoisotopic (exact) mass is 282 g/mol. The van der Waals surface area contributed by atoms with Crippen molar-refractivity contribution in [3.63, 3.8) is 0 Å². The van der Waals surface area contributed by atoms with Crippen molar-refractivity contribution < 1.29 is 9.90 Å². The Morgan fingerprint density at radius 3 is 2.25 bits per heavy atom. The van der Waals surface area contributed by atoms with Crippen LogP contribution in [0.15, 0.2) is 0 Å². The second-order valence-corrected chi connectivity index (χ2v) is 6.58. The van der Waals surface area contributed by atoms with Gasteiger partial charge in [0, 0.05) is 6.54 Å². The molecule has 4 heteroatoms. The zero-order valence-electron chi connectivity index (χ0n) is 12.7. The van der Waals surface area contributed by atoms with E-state index in [-0.39, 0.29) is 5.91 Å². The molecular weight excluding hydrogens is 252 g/mol. The van der Waals surface area contributed by atoms with Gasteiger partial charge in [0.25, 0.3) is 0 Å². The molecule has 4 nitrogen and oxygen atoms in total. The Balaban J connectivity index is 1.61. The molecule has 0 radical (unpaired) electrons. The van der Waals surface area contributed by atoms with Crippen molar-refractivity contribution in [2.45, 2.75) is 69.8 Å². The van der Waals surface area contributed by atoms with Crippen molar-refractivity contribution >= 4 is 5.91 Å². The summed E-state index contributed by atoms with van der Waals surface area (Å²) in [4.78, 5) is 14.2. The average molecular weight is 282 g/mol. The topological polar surface area (TPSA) is 52.6 Å². The van der Waals surface area contributed by atoms with Gasteiger partial charge in [-0.15, -0.1) is 0 Å². The van der Waals surface area contributed by atoms with Gasteiger partial charge < -0.3 is 10.4 Å². The van der Waals surface area contributed by atoms with Crippen LogP contribution in [0.3, 0.4) is 0 Å². The van der Waals surface area contributed by atoms with E-state index in [0.29, 0.717) is 19.5 Å². The van der Waals surface area contributed by atoms with E-state index >= 15 is 0 Å². The Labute approximate surface area is 122 Å². The van der Waals surface area contributed by atoms with Crippen molar-refractivity contribution in [3.05, 3.63) is 0 Å². The summed E-state index contributed by atoms with van der Waals surface area (Å²) in [6.07, 6.45) is 11.1. The lowest BCUT2D eigenvalue weighted by Crippen LogP contribution is -2.40. The first-order chi connectivity index (χ1) is 9.68. The summed E-state index contributed by atoms with van der Waals surface area (Å²) in [7, 11) is 0. The van der Waals surface area contributed by atoms with E-state index in [4.69, 9.17) is 0 Å². The van der Waals surface area contributed by atoms with E-state index in [1.165, 1.54) is 32.1 Å². The SMILES string of the molecule is O=C(CN1CCCCCCC1)NCCC1(O)CCCC1. The molecule has 0 unspecified atom stereocenters. The summed E-state index contributed by atoms with van der Waals surface area (Å²) in [6, 6.07) is 0. The normalized spacial score (nSPS) is 24.1. The Hall–Kier alpha value is -0.610. The third-order valence-electron chi connectivity index (χ3n) is 4.76. The maximum absolute atomic E-state index is 12.0. The maximum Gasteiger partial charge on any atom is 0.234 e. The molecule has 1 saturated heterocycles. The molecule has 1 amide bonds. The number of hydrogen-bond acceptors (Lipinski definition) is 3. The van der Waals surface area contributed by atoms with Crippen molar-refractivity contribution in [1.29, 1.82) is 0 Å². The van der Waals surface area contributed by atoms with E-state index in [0.717, 1.165) is 38.8 Å². The number of carbonyl (C=O) groups is 1. The average Bonchev–Trinajstić information content (AvgIpc) is 2.79. The highest BCUT2D eigenvalue weighted by molar-refractivity contribution is 5.77. The van der Waals surface area contributed by atoms with Gasteiger partial charge in [0.15, 0.2) is 0 Å². The molecule has 1 aliphatic carbocycles. The van der Waals surface area contributed by atoms with Crippen molar-refractivity contribution in [3.8, 4) is 0 Å². The molecule has 0 bridgehead atoms. The van der Waals surface area contributed by atoms with E-state index in [1.807, 2.05) is 0 Å². The first-order valence-electron chi connectivity index (χ1n) is 8.39. The van der Waals surface area contributed by atoms with Crippen LogP contribution in [0, 0.1) is 0 Å². The molecule has 0 spiro atoms. The number of rotatable bonds is 5. The van der Waals surface area contributed by atoms with Crippen molar-refractivity contribution in [2.75, 3.05) is 26.2 Å². The van der Waals surface area contributed by atoms with Crippen LogP contribution >= 0.6 is 0 Å². The second kappa shape index (κ2) is 7.99. The predicted octanol–water partition coefficient (Wildman–Crippen LogP) is 2.06. The van der Waals surface area contributed by atoms with E-state index in [2.05, 4.69) is 10.2 Å². The molecule has 2 aliphatic rings. The lowest BCUT2D eigenvalue weighted by Gasteiger charge is -2.25. The fourth-order valence-corrected chi connectivity index (χ4v) is 3.45. The molecule has 0 aromatic heterocycles. The largest absolute Gasteiger partial charge is 0.390 e. The predicted molar refractivity (Wildman–Crippen MR) is 80.6 cm³/mol. The molecule has 1 heterocycles. The number of hydrogen-bond donors (Lipinski definition) is 2. The van der Waals surface area contributed by atoms with E-state index in [1.54, 1.807) is 0 Å². The molecule has 0 aromatic rings. The highest BCUT2D eigenvalue weighted by Gasteiger charge is 2.30. The van der Waals surface area contributed by atoms with Crippen LogP contribution in [-0.4, -0.2) is 47.7 Å². The number of nitrogens with zero attached hydrogens (tertiary/aromatic N) is 1. The van der Waals surface area contributed by atoms with Crippen LogP contribution in [0.4, 0.5) is 0 Å². The van der Waals surface area contributed by atoms with Crippen LogP contribution in [-0.2, 0) is 4.79 Å². The summed E-state index contributed by atoms with van der Waals surface area (Å²) in [6.45, 7) is 3.25. The van der Waals surface area contributed by atoms with Crippen LogP contribution in [0.2, 0.25) is 0 Å². The van der Waals surface area contributed by atoms with Crippen molar-refractivity contribution in [2.24, 2.45) is 0 Å². The number of amides is 1. The molecule has 2 rings (SSSR count). The standard InChI is InChI=1S/C16H30N2O2/c19-15(14-18-12-6-2-1-3-7-13-18)17-11-10-16(20)8-4-5-9-16/h20H,1-14H2,(H,17,19). The summed E-state index contributed by atoms with van der Waals surface area (Å²) < 4.78 is 0. The fraction of sp³-hybridized carbons (Fsp3) is 0.938. The first-order valence-corrected chi connectivity index (χ1v) is 8.39. The summed E-state index contributed by atoms with van der Waals surface area (Å²) in [5.74, 6) is 0.118. The highest BCUT2D eigenvalue weighted by Crippen LogP contribution is 2.31. The first kappa shape index (κ1) is 15.8. The van der Waals surface area contributed by atoms with E-state index < -0.39 is 5.60 Å². The quantitative estimate of drug-likeness (QED) is 0.811. The van der Waals surface area contributed by atoms with Gasteiger partial charge in [-0.05, 0) is 45.2 Å². The lowest BCUT2D eigenvalue weighted by atomic mass is 9.98. The van der Waals surface area contributed by atoms with Gasteiger partial charge in [0.2, 0.25) is 5.91 Å². The van der Waals surface area contributed by atoms with Crippen LogP contribution in [0.25, 0.3) is 0 Å². The smallest absolute Gasteiger partial charge is 0.234 e. The molecule has 2 fully saturated rings. The van der Waals surface area contributed by atoms with Gasteiger partial charge >= 0.3 is 0 Å². The van der Waals surface area contributed by atoms with Crippen molar-refractivity contribution in [1.82, 2.24) is 10.2 Å². The van der Waals surface area contributed by atoms with Gasteiger partial charge in [-0.2, -0.15) is 0 Å². The second-order valence-electron chi connectivity index (χ2n) is 6.58.